The van der Waals surface area contributed by atoms with Crippen molar-refractivity contribution in [1.82, 2.24) is 14.2 Å². The molecule has 3 heterocycles. The quantitative estimate of drug-likeness (QED) is 0.729. The molecule has 3 rings (SSSR count). The number of hydrogen-bond acceptors (Lipinski definition) is 2. The molecule has 5 nitrogen and oxygen atoms in total. The Balaban J connectivity index is 1.91. The maximum atomic E-state index is 6.17. The number of hydrogen-bond donors (Lipinski definition) is 2. The topological polar surface area (TPSA) is 31.1 Å². The van der Waals surface area contributed by atoms with E-state index >= 15 is 0 Å². The van der Waals surface area contributed by atoms with Gasteiger partial charge in [0.2, 0.25) is 4.77 Å². The largest absolute Gasteiger partial charge is 0.328 e. The molecule has 20 heavy (non-hydrogen) atoms. The first-order chi connectivity index (χ1) is 9.54. The Morgan fingerprint density at radius 1 is 1.30 bits per heavy atom. The first-order valence-corrected chi connectivity index (χ1v) is 7.80. The number of pyridine rings is 1. The van der Waals surface area contributed by atoms with Gasteiger partial charge in [-0.3, -0.25) is 4.40 Å². The van der Waals surface area contributed by atoms with Crippen LogP contribution in [0.3, 0.4) is 0 Å². The number of nitrogens with one attached hydrogen (secondary N) is 2. The normalized spacial score (nSPS) is 23.4. The molecule has 2 aromatic rings. The number of fused-ring (bicyclic) bond motifs is 1. The van der Waals surface area contributed by atoms with Crippen molar-refractivity contribution < 1.29 is 9.80 Å². The van der Waals surface area contributed by atoms with Crippen LogP contribution >= 0.6 is 35.4 Å². The smallest absolute Gasteiger partial charge is 0.207 e. The highest BCUT2D eigenvalue weighted by Crippen LogP contribution is 2.20. The number of quaternary nitrogens is 2. The summed E-state index contributed by atoms with van der Waals surface area (Å²) in [6.07, 6.45) is 1.76. The Morgan fingerprint density at radius 3 is 2.70 bits per heavy atom. The molecular weight excluding hydrogens is 317 g/mol. The third kappa shape index (κ3) is 2.71. The Hall–Kier alpha value is -0.660. The lowest BCUT2D eigenvalue weighted by Gasteiger charge is -2.26. The highest BCUT2D eigenvalue weighted by molar-refractivity contribution is 7.71. The molecule has 0 unspecified atom stereocenters. The van der Waals surface area contributed by atoms with Gasteiger partial charge in [-0.25, -0.2) is 0 Å². The summed E-state index contributed by atoms with van der Waals surface area (Å²) in [4.78, 5) is 3.08. The summed E-state index contributed by atoms with van der Waals surface area (Å²) >= 11 is 17.7. The van der Waals surface area contributed by atoms with E-state index in [1.54, 1.807) is 21.6 Å². The van der Waals surface area contributed by atoms with Gasteiger partial charge in [0.05, 0.1) is 17.1 Å². The highest BCUT2D eigenvalue weighted by Gasteiger charge is 2.21. The van der Waals surface area contributed by atoms with Gasteiger partial charge in [-0.2, -0.15) is 4.68 Å². The number of aromatic nitrogens is 3. The molecule has 1 fully saturated rings. The van der Waals surface area contributed by atoms with Gasteiger partial charge in [0.1, 0.15) is 26.2 Å². The number of rotatable bonds is 2. The molecule has 8 heteroatoms. The maximum absolute atomic E-state index is 6.17. The summed E-state index contributed by atoms with van der Waals surface area (Å²) < 4.78 is 4.27. The van der Waals surface area contributed by atoms with E-state index in [4.69, 9.17) is 35.4 Å². The highest BCUT2D eigenvalue weighted by atomic mass is 35.5. The lowest BCUT2D eigenvalue weighted by atomic mass is 10.3. The average molecular weight is 334 g/mol. The fourth-order valence-electron chi connectivity index (χ4n) is 2.55. The third-order valence-corrected chi connectivity index (χ3v) is 4.68. The lowest BCUT2D eigenvalue weighted by molar-refractivity contribution is -1.02. The molecule has 0 atom stereocenters. The number of nitrogens with zero attached hydrogens (tertiary/aromatic N) is 3. The zero-order valence-corrected chi connectivity index (χ0v) is 13.5. The molecule has 0 spiro atoms. The first-order valence-electron chi connectivity index (χ1n) is 6.63. The molecule has 108 valence electrons. The van der Waals surface area contributed by atoms with Gasteiger partial charge in [0.25, 0.3) is 0 Å². The Labute approximate surface area is 132 Å². The molecule has 0 aromatic carbocycles. The van der Waals surface area contributed by atoms with Crippen molar-refractivity contribution in [3.63, 3.8) is 0 Å². The molecule has 0 bridgehead atoms. The van der Waals surface area contributed by atoms with Crippen molar-refractivity contribution >= 4 is 41.1 Å². The van der Waals surface area contributed by atoms with Crippen LogP contribution in [0.25, 0.3) is 5.65 Å². The van der Waals surface area contributed by atoms with E-state index in [1.165, 1.54) is 18.0 Å². The van der Waals surface area contributed by atoms with Crippen LogP contribution in [0.1, 0.15) is 0 Å². The summed E-state index contributed by atoms with van der Waals surface area (Å²) in [5.74, 6) is 0. The molecule has 0 amide bonds. The van der Waals surface area contributed by atoms with Crippen molar-refractivity contribution in [2.24, 2.45) is 0 Å². The number of halogens is 2. The van der Waals surface area contributed by atoms with Crippen LogP contribution in [0.4, 0.5) is 0 Å². The third-order valence-electron chi connectivity index (χ3n) is 3.79. The van der Waals surface area contributed by atoms with Crippen LogP contribution < -0.4 is 9.80 Å². The zero-order chi connectivity index (χ0) is 14.3. The van der Waals surface area contributed by atoms with Crippen LogP contribution in [0, 0.1) is 4.77 Å². The van der Waals surface area contributed by atoms with Crippen molar-refractivity contribution in [1.29, 1.82) is 0 Å². The number of piperazine rings is 1. The van der Waals surface area contributed by atoms with Gasteiger partial charge in [-0.1, -0.05) is 23.2 Å². The minimum atomic E-state index is 0.528. The first kappa shape index (κ1) is 14.3. The summed E-state index contributed by atoms with van der Waals surface area (Å²) in [6.45, 7) is 5.42. The van der Waals surface area contributed by atoms with Crippen molar-refractivity contribution in [3.8, 4) is 0 Å². The molecule has 1 aliphatic heterocycles. The van der Waals surface area contributed by atoms with Crippen LogP contribution in [0.2, 0.25) is 10.0 Å². The summed E-state index contributed by atoms with van der Waals surface area (Å²) in [5, 5.41) is 5.61. The molecule has 1 saturated heterocycles. The SMILES string of the molecule is C[NH+]1CC[NH+](Cn2nc3c(Cl)cc(Cl)cn3c2=S)CC1. The minimum absolute atomic E-state index is 0.528. The molecule has 1 aliphatic rings. The van der Waals surface area contributed by atoms with Crippen molar-refractivity contribution in [3.05, 3.63) is 27.1 Å². The monoisotopic (exact) mass is 333 g/mol. The van der Waals surface area contributed by atoms with Gasteiger partial charge < -0.3 is 9.80 Å². The second-order valence-electron chi connectivity index (χ2n) is 5.35. The summed E-state index contributed by atoms with van der Waals surface area (Å²) in [5.41, 5.74) is 0.667. The Kier molecular flexibility index (Phi) is 4.01. The van der Waals surface area contributed by atoms with Crippen LogP contribution in [0.15, 0.2) is 12.3 Å². The van der Waals surface area contributed by atoms with Crippen LogP contribution in [-0.4, -0.2) is 47.4 Å². The second-order valence-corrected chi connectivity index (χ2v) is 6.56. The van der Waals surface area contributed by atoms with E-state index < -0.39 is 0 Å². The van der Waals surface area contributed by atoms with E-state index in [0.29, 0.717) is 20.5 Å². The van der Waals surface area contributed by atoms with Gasteiger partial charge in [0, 0.05) is 6.20 Å². The second kappa shape index (κ2) is 5.61. The summed E-state index contributed by atoms with van der Waals surface area (Å²) in [6, 6.07) is 1.69. The van der Waals surface area contributed by atoms with Crippen LogP contribution in [0.5, 0.6) is 0 Å². The van der Waals surface area contributed by atoms with Crippen molar-refractivity contribution in [2.45, 2.75) is 6.67 Å². The number of likely N-dealkylation sites (N-methyl/N-ethyl adjacent to an activating group) is 1. The van der Waals surface area contributed by atoms with Gasteiger partial charge in [-0.05, 0) is 18.3 Å². The van der Waals surface area contributed by atoms with E-state index in [0.717, 1.165) is 19.8 Å². The van der Waals surface area contributed by atoms with Crippen molar-refractivity contribution in [2.75, 3.05) is 33.2 Å². The molecule has 0 saturated carbocycles. The van der Waals surface area contributed by atoms with E-state index in [9.17, 15) is 0 Å². The van der Waals surface area contributed by atoms with E-state index in [1.807, 2.05) is 4.68 Å². The zero-order valence-electron chi connectivity index (χ0n) is 11.2. The molecular formula is C12H17Cl2N5S+2. The van der Waals surface area contributed by atoms with Crippen LogP contribution in [-0.2, 0) is 6.67 Å². The molecule has 2 N–H and O–H groups in total. The van der Waals surface area contributed by atoms with E-state index in [2.05, 4.69) is 12.1 Å². The Bertz CT molecular complexity index is 687. The minimum Gasteiger partial charge on any atom is -0.328 e. The lowest BCUT2D eigenvalue weighted by Crippen LogP contribution is -3.26. The van der Waals surface area contributed by atoms with Gasteiger partial charge in [0.15, 0.2) is 12.3 Å². The standard InChI is InChI=1S/C12H15Cl2N5S/c1-16-2-4-17(5-3-16)8-19-12(20)18-7-9(13)6-10(14)11(18)15-19/h6-7H,2-5,8H2,1H3/p+2. The maximum Gasteiger partial charge on any atom is 0.207 e. The van der Waals surface area contributed by atoms with E-state index in [-0.39, 0.29) is 0 Å². The molecule has 0 radical (unpaired) electrons. The Morgan fingerprint density at radius 2 is 2.00 bits per heavy atom. The predicted octanol–water partition coefficient (Wildman–Crippen LogP) is -0.457. The molecule has 2 aromatic heterocycles. The van der Waals surface area contributed by atoms with Gasteiger partial charge >= 0.3 is 0 Å². The fraction of sp³-hybridized carbons (Fsp3) is 0.500. The molecule has 0 aliphatic carbocycles. The van der Waals surface area contributed by atoms with Gasteiger partial charge in [-0.15, -0.1) is 5.10 Å². The average Bonchev–Trinajstić information content (AvgIpc) is 2.71. The fourth-order valence-corrected chi connectivity index (χ4v) is 3.30. The summed E-state index contributed by atoms with van der Waals surface area (Å²) in [7, 11) is 2.23. The predicted molar refractivity (Wildman–Crippen MR) is 81.4 cm³/mol.